The molecule has 2 fully saturated rings. The maximum Gasteiger partial charge on any atom is 0.224 e. The number of nitriles is 1. The summed E-state index contributed by atoms with van der Waals surface area (Å²) in [5, 5.41) is 10.7. The summed E-state index contributed by atoms with van der Waals surface area (Å²) >= 11 is 6.54. The normalized spacial score (nSPS) is 22.2. The molecule has 1 aliphatic heterocycles. The first-order chi connectivity index (χ1) is 18.2. The maximum absolute atomic E-state index is 13.7. The minimum atomic E-state index is -3.85. The van der Waals surface area contributed by atoms with Crippen LogP contribution in [-0.2, 0) is 14.6 Å². The highest BCUT2D eigenvalue weighted by molar-refractivity contribution is 7.92. The molecule has 1 aliphatic carbocycles. The number of piperazine rings is 1. The molecule has 0 bridgehead atoms. The summed E-state index contributed by atoms with van der Waals surface area (Å²) in [5.74, 6) is -1.43. The van der Waals surface area contributed by atoms with Crippen molar-refractivity contribution in [2.45, 2.75) is 29.9 Å². The maximum atomic E-state index is 13.7. The van der Waals surface area contributed by atoms with E-state index in [-0.39, 0.29) is 41.8 Å². The quantitative estimate of drug-likeness (QED) is 0.467. The predicted molar refractivity (Wildman–Crippen MR) is 143 cm³/mol. The van der Waals surface area contributed by atoms with Crippen LogP contribution >= 0.6 is 11.6 Å². The molecule has 11 heteroatoms. The van der Waals surface area contributed by atoms with E-state index in [2.05, 4.69) is 22.0 Å². The van der Waals surface area contributed by atoms with Gasteiger partial charge in [0, 0.05) is 43.7 Å². The van der Waals surface area contributed by atoms with E-state index in [0.717, 1.165) is 38.4 Å². The molecule has 0 spiro atoms. The van der Waals surface area contributed by atoms with Gasteiger partial charge in [-0.3, -0.25) is 4.79 Å². The Morgan fingerprint density at radius 3 is 2.50 bits per heavy atom. The number of carbonyl (C=O) groups is 1. The van der Waals surface area contributed by atoms with Crippen molar-refractivity contribution in [3.63, 3.8) is 0 Å². The largest absolute Gasteiger partial charge is 0.493 e. The lowest BCUT2D eigenvalue weighted by Crippen LogP contribution is -2.46. The lowest BCUT2D eigenvalue weighted by Gasteiger charge is -2.35. The van der Waals surface area contributed by atoms with E-state index in [1.807, 2.05) is 6.07 Å². The molecule has 204 valence electrons. The molecule has 1 N–H and O–H groups in total. The van der Waals surface area contributed by atoms with Gasteiger partial charge in [0.2, 0.25) is 5.91 Å². The molecule has 1 saturated heterocycles. The van der Waals surface area contributed by atoms with E-state index in [0.29, 0.717) is 5.75 Å². The molecule has 1 saturated carbocycles. The Balaban J connectivity index is 1.50. The highest BCUT2D eigenvalue weighted by Crippen LogP contribution is 2.41. The van der Waals surface area contributed by atoms with Gasteiger partial charge in [-0.2, -0.15) is 5.26 Å². The Bertz CT molecular complexity index is 1280. The molecule has 38 heavy (non-hydrogen) atoms. The zero-order valence-corrected chi connectivity index (χ0v) is 22.8. The Morgan fingerprint density at radius 2 is 1.87 bits per heavy atom. The third-order valence-corrected chi connectivity index (χ3v) is 10.1. The molecule has 3 unspecified atom stereocenters. The summed E-state index contributed by atoms with van der Waals surface area (Å²) in [6, 6.07) is 12.4. The van der Waals surface area contributed by atoms with Gasteiger partial charge in [-0.05, 0) is 61.9 Å². The number of nitrogens with zero attached hydrogens (tertiary/aromatic N) is 3. The van der Waals surface area contributed by atoms with Gasteiger partial charge in [-0.1, -0.05) is 18.5 Å². The SMILES string of the molecule is CCN1CCN(c2ccc(S(=O)(=O)C3CC(COc4ccc(F)cc4)C(C(=O)NCC#N)C3)c(Cl)c2)CC1. The van der Waals surface area contributed by atoms with Gasteiger partial charge >= 0.3 is 0 Å². The molecule has 0 radical (unpaired) electrons. The lowest BCUT2D eigenvalue weighted by atomic mass is 9.96. The van der Waals surface area contributed by atoms with Crippen molar-refractivity contribution in [1.29, 1.82) is 5.26 Å². The molecule has 1 heterocycles. The molecule has 0 aromatic heterocycles. The second-order valence-corrected chi connectivity index (χ2v) is 12.3. The Labute approximate surface area is 228 Å². The third-order valence-electron chi connectivity index (χ3n) is 7.45. The fourth-order valence-electron chi connectivity index (χ4n) is 5.24. The van der Waals surface area contributed by atoms with Crippen LogP contribution in [0.25, 0.3) is 0 Å². The third kappa shape index (κ3) is 6.40. The zero-order valence-electron chi connectivity index (χ0n) is 21.3. The highest BCUT2D eigenvalue weighted by atomic mass is 35.5. The summed E-state index contributed by atoms with van der Waals surface area (Å²) < 4.78 is 46.4. The van der Waals surface area contributed by atoms with E-state index in [9.17, 15) is 17.6 Å². The van der Waals surface area contributed by atoms with Gasteiger partial charge in [0.25, 0.3) is 0 Å². The number of nitrogens with one attached hydrogen (secondary N) is 1. The van der Waals surface area contributed by atoms with Crippen molar-refractivity contribution in [2.75, 3.05) is 50.8 Å². The molecule has 1 amide bonds. The number of rotatable bonds is 9. The number of hydrogen-bond donors (Lipinski definition) is 1. The van der Waals surface area contributed by atoms with Gasteiger partial charge in [0.05, 0.1) is 27.8 Å². The van der Waals surface area contributed by atoms with Crippen LogP contribution in [0.15, 0.2) is 47.4 Å². The van der Waals surface area contributed by atoms with Gasteiger partial charge in [0.1, 0.15) is 18.1 Å². The van der Waals surface area contributed by atoms with Crippen LogP contribution in [0.5, 0.6) is 5.75 Å². The van der Waals surface area contributed by atoms with Gasteiger partial charge in [0.15, 0.2) is 9.84 Å². The number of sulfone groups is 1. The number of hydrogen-bond acceptors (Lipinski definition) is 7. The van der Waals surface area contributed by atoms with E-state index >= 15 is 0 Å². The predicted octanol–water partition coefficient (Wildman–Crippen LogP) is 3.51. The minimum absolute atomic E-state index is 0.0522. The number of carbonyl (C=O) groups excluding carboxylic acids is 1. The van der Waals surface area contributed by atoms with Crippen LogP contribution in [-0.4, -0.2) is 70.4 Å². The van der Waals surface area contributed by atoms with Crippen LogP contribution in [0.1, 0.15) is 19.8 Å². The van der Waals surface area contributed by atoms with Gasteiger partial charge in [-0.15, -0.1) is 0 Å². The highest BCUT2D eigenvalue weighted by Gasteiger charge is 2.45. The second kappa shape index (κ2) is 12.3. The molecule has 4 rings (SSSR count). The van der Waals surface area contributed by atoms with Gasteiger partial charge in [-0.25, -0.2) is 12.8 Å². The Morgan fingerprint density at radius 1 is 1.16 bits per heavy atom. The fourth-order valence-corrected chi connectivity index (χ4v) is 7.65. The molecule has 2 aromatic rings. The summed E-state index contributed by atoms with van der Waals surface area (Å²) in [5.41, 5.74) is 0.885. The van der Waals surface area contributed by atoms with E-state index in [1.54, 1.807) is 18.2 Å². The van der Waals surface area contributed by atoms with Crippen molar-refractivity contribution < 1.29 is 22.3 Å². The molecule has 8 nitrogen and oxygen atoms in total. The van der Waals surface area contributed by atoms with Crippen molar-refractivity contribution in [3.8, 4) is 11.8 Å². The van der Waals surface area contributed by atoms with Crippen molar-refractivity contribution in [3.05, 3.63) is 53.3 Å². The minimum Gasteiger partial charge on any atom is -0.493 e. The number of likely N-dealkylation sites (N-methyl/N-ethyl adjacent to an activating group) is 1. The molecular weight excluding hydrogens is 531 g/mol. The first-order valence-corrected chi connectivity index (χ1v) is 14.7. The second-order valence-electron chi connectivity index (χ2n) is 9.68. The number of halogens is 2. The first kappa shape index (κ1) is 28.1. The van der Waals surface area contributed by atoms with E-state index < -0.39 is 32.7 Å². The smallest absolute Gasteiger partial charge is 0.224 e. The zero-order chi connectivity index (χ0) is 27.3. The Kier molecular flexibility index (Phi) is 9.13. The van der Waals surface area contributed by atoms with Crippen LogP contribution < -0.4 is 15.0 Å². The molecule has 3 atom stereocenters. The number of amides is 1. The standard InChI is InChI=1S/C27H32ClFN4O4S/c1-2-32-11-13-33(14-12-32)21-5-8-26(25(28)16-21)38(35,36)23-15-19(24(17-23)27(34)31-10-9-30)18-37-22-6-3-20(29)4-7-22/h3-8,16,19,23-24H,2,10-15,17-18H2,1H3,(H,31,34). The number of ether oxygens (including phenoxy) is 1. The van der Waals surface area contributed by atoms with Gasteiger partial charge < -0.3 is 19.9 Å². The number of benzene rings is 2. The van der Waals surface area contributed by atoms with Crippen LogP contribution in [0.4, 0.5) is 10.1 Å². The molecule has 2 aromatic carbocycles. The van der Waals surface area contributed by atoms with E-state index in [1.165, 1.54) is 24.3 Å². The Hall–Kier alpha value is -2.87. The topological polar surface area (TPSA) is 103 Å². The van der Waals surface area contributed by atoms with Crippen molar-refractivity contribution in [2.24, 2.45) is 11.8 Å². The van der Waals surface area contributed by atoms with Crippen LogP contribution in [0.3, 0.4) is 0 Å². The molecular formula is C27H32ClFN4O4S. The van der Waals surface area contributed by atoms with Crippen LogP contribution in [0.2, 0.25) is 5.02 Å². The fraction of sp³-hybridized carbons (Fsp3) is 0.481. The van der Waals surface area contributed by atoms with Crippen LogP contribution in [0, 0.1) is 29.0 Å². The summed E-state index contributed by atoms with van der Waals surface area (Å²) in [6.45, 7) is 6.60. The monoisotopic (exact) mass is 562 g/mol. The van der Waals surface area contributed by atoms with Crippen molar-refractivity contribution in [1.82, 2.24) is 10.2 Å². The number of anilines is 1. The average molecular weight is 563 g/mol. The average Bonchev–Trinajstić information content (AvgIpc) is 3.36. The lowest BCUT2D eigenvalue weighted by molar-refractivity contribution is -0.126. The van der Waals surface area contributed by atoms with E-state index in [4.69, 9.17) is 21.6 Å². The summed E-state index contributed by atoms with van der Waals surface area (Å²) in [6.07, 6.45) is 0.291. The summed E-state index contributed by atoms with van der Waals surface area (Å²) in [7, 11) is -3.85. The van der Waals surface area contributed by atoms with Crippen molar-refractivity contribution >= 4 is 33.0 Å². The first-order valence-electron chi connectivity index (χ1n) is 12.8. The summed E-state index contributed by atoms with van der Waals surface area (Å²) in [4.78, 5) is 17.4. The molecule has 2 aliphatic rings.